The summed E-state index contributed by atoms with van der Waals surface area (Å²) in [5, 5.41) is 10.8. The van der Waals surface area contributed by atoms with Gasteiger partial charge < -0.3 is 19.7 Å². The van der Waals surface area contributed by atoms with Gasteiger partial charge >= 0.3 is 0 Å². The van der Waals surface area contributed by atoms with Gasteiger partial charge in [-0.05, 0) is 98.3 Å². The Morgan fingerprint density at radius 3 is 2.50 bits per heavy atom. The third kappa shape index (κ3) is 8.09. The number of imidazole rings is 1. The number of nitrogens with one attached hydrogen (secondary N) is 3. The molecular formula is C46H49FN10O4S. The Labute approximate surface area is 363 Å². The molecule has 7 heterocycles. The monoisotopic (exact) mass is 856 g/mol. The lowest BCUT2D eigenvalue weighted by Crippen LogP contribution is -2.53. The molecular weight excluding hydrogens is 808 g/mol. The minimum atomic E-state index is -1.03. The average molecular weight is 857 g/mol. The van der Waals surface area contributed by atoms with Crippen molar-refractivity contribution in [2.75, 3.05) is 54.8 Å². The number of halogens is 1. The maximum atomic E-state index is 16.0. The number of carbonyl (C=O) groups is 4. The fraction of sp³-hybridized carbons (Fsp3) is 0.391. The SMILES string of the molecule is O=C1CCC(Nc2cccc(CN3CCC(N4CCN(c5ccc(-c6cc(F)c7c(c6)C(=O)N(C(C(=O)Nc6nccs6)c6ncn8c6CCC8)C7)cc5)CC4)CC3)c2)C(=O)N1. The zero-order valence-corrected chi connectivity index (χ0v) is 35.2. The molecule has 16 heteroatoms. The second-order valence-electron chi connectivity index (χ2n) is 16.9. The number of likely N-dealkylation sites (tertiary alicyclic amines) is 1. The van der Waals surface area contributed by atoms with Crippen LogP contribution in [0.4, 0.5) is 20.9 Å². The summed E-state index contributed by atoms with van der Waals surface area (Å²) in [6.07, 6.45) is 8.10. The van der Waals surface area contributed by atoms with Crippen molar-refractivity contribution in [3.05, 3.63) is 112 Å². The molecule has 5 aliphatic heterocycles. The number of hydrogen-bond donors (Lipinski definition) is 3. The molecule has 0 spiro atoms. The molecule has 10 rings (SSSR count). The largest absolute Gasteiger partial charge is 0.374 e. The van der Waals surface area contributed by atoms with E-state index in [1.54, 1.807) is 24.0 Å². The van der Waals surface area contributed by atoms with Crippen LogP contribution in [0.2, 0.25) is 0 Å². The number of aromatic nitrogens is 3. The van der Waals surface area contributed by atoms with E-state index in [1.807, 2.05) is 28.8 Å². The Morgan fingerprint density at radius 2 is 1.73 bits per heavy atom. The van der Waals surface area contributed by atoms with Crippen molar-refractivity contribution < 1.29 is 23.6 Å². The van der Waals surface area contributed by atoms with Gasteiger partial charge in [0.2, 0.25) is 11.8 Å². The number of benzene rings is 3. The first-order valence-electron chi connectivity index (χ1n) is 21.6. The van der Waals surface area contributed by atoms with E-state index in [0.717, 1.165) is 101 Å². The zero-order chi connectivity index (χ0) is 42.3. The second kappa shape index (κ2) is 17.1. The summed E-state index contributed by atoms with van der Waals surface area (Å²) in [6.45, 7) is 7.49. The van der Waals surface area contributed by atoms with Gasteiger partial charge in [0.1, 0.15) is 11.9 Å². The number of rotatable bonds is 11. The van der Waals surface area contributed by atoms with Crippen molar-refractivity contribution in [2.45, 2.75) is 76.3 Å². The standard InChI is InChI=1S/C46H49FN10O4S/c47-37-25-31(24-35-36(37)27-57(45(35)61)42(44(60)52-46-48-14-22-62-46)41-39-5-2-15-56(39)28-49-41)30-6-8-33(9-7-30)54-18-20-55(21-19-54)34-12-16-53(17-13-34)26-29-3-1-4-32(23-29)50-38-10-11-40(58)51-43(38)59/h1,3-4,6-9,14,22-25,28,34,38,42,50H,2,5,10-13,15-21,26-27H2,(H,48,52,60)(H,51,58,59). The maximum Gasteiger partial charge on any atom is 0.255 e. The van der Waals surface area contributed by atoms with E-state index in [0.29, 0.717) is 35.3 Å². The quantitative estimate of drug-likeness (QED) is 0.147. The van der Waals surface area contributed by atoms with Crippen molar-refractivity contribution in [3.63, 3.8) is 0 Å². The molecule has 0 radical (unpaired) electrons. The smallest absolute Gasteiger partial charge is 0.255 e. The Balaban J connectivity index is 0.740. The molecule has 4 amide bonds. The normalized spacial score (nSPS) is 20.3. The number of carbonyl (C=O) groups excluding carboxylic acids is 4. The van der Waals surface area contributed by atoms with Crippen LogP contribution in [0, 0.1) is 5.82 Å². The summed E-state index contributed by atoms with van der Waals surface area (Å²) >= 11 is 1.29. The molecule has 3 saturated heterocycles. The molecule has 2 aromatic heterocycles. The molecule has 3 aromatic carbocycles. The van der Waals surface area contributed by atoms with Crippen molar-refractivity contribution >= 4 is 51.5 Å². The molecule has 3 N–H and O–H groups in total. The summed E-state index contributed by atoms with van der Waals surface area (Å²) in [4.78, 5) is 69.6. The van der Waals surface area contributed by atoms with E-state index in [2.05, 4.69) is 64.9 Å². The first-order chi connectivity index (χ1) is 30.2. The van der Waals surface area contributed by atoms with E-state index in [9.17, 15) is 19.2 Å². The Morgan fingerprint density at radius 1 is 0.903 bits per heavy atom. The number of nitrogens with zero attached hydrogens (tertiary/aromatic N) is 7. The van der Waals surface area contributed by atoms with Crippen molar-refractivity contribution in [2.24, 2.45) is 0 Å². The Bertz CT molecular complexity index is 2490. The van der Waals surface area contributed by atoms with Crippen molar-refractivity contribution in [1.29, 1.82) is 0 Å². The highest BCUT2D eigenvalue weighted by Crippen LogP contribution is 2.38. The molecule has 62 heavy (non-hydrogen) atoms. The molecule has 14 nitrogen and oxygen atoms in total. The number of fused-ring (bicyclic) bond motifs is 2. The van der Waals surface area contributed by atoms with Crippen molar-refractivity contribution in [1.82, 2.24) is 34.6 Å². The lowest BCUT2D eigenvalue weighted by Gasteiger charge is -2.43. The third-order valence-corrected chi connectivity index (χ3v) is 13.8. The van der Waals surface area contributed by atoms with Gasteiger partial charge in [0.15, 0.2) is 11.2 Å². The molecule has 0 saturated carbocycles. The van der Waals surface area contributed by atoms with E-state index in [1.165, 1.54) is 27.9 Å². The number of thiazole rings is 1. The lowest BCUT2D eigenvalue weighted by atomic mass is 9.99. The predicted molar refractivity (Wildman–Crippen MR) is 234 cm³/mol. The number of piperazine rings is 1. The highest BCUT2D eigenvalue weighted by atomic mass is 32.1. The number of imide groups is 1. The molecule has 0 bridgehead atoms. The van der Waals surface area contributed by atoms with Gasteiger partial charge in [0.05, 0.1) is 18.6 Å². The van der Waals surface area contributed by atoms with Crippen LogP contribution in [0.5, 0.6) is 0 Å². The van der Waals surface area contributed by atoms with Gasteiger partial charge in [-0.2, -0.15) is 0 Å². The van der Waals surface area contributed by atoms with E-state index >= 15 is 4.39 Å². The van der Waals surface area contributed by atoms with Gasteiger partial charge in [-0.25, -0.2) is 14.4 Å². The minimum absolute atomic E-state index is 0.0331. The van der Waals surface area contributed by atoms with Gasteiger partial charge in [0, 0.05) is 91.5 Å². The molecule has 0 aliphatic carbocycles. The van der Waals surface area contributed by atoms with E-state index < -0.39 is 29.7 Å². The van der Waals surface area contributed by atoms with Crippen LogP contribution in [0.3, 0.4) is 0 Å². The topological polar surface area (TPSA) is 148 Å². The number of anilines is 3. The number of hydrogen-bond acceptors (Lipinski definition) is 11. The van der Waals surface area contributed by atoms with E-state index in [4.69, 9.17) is 0 Å². The molecule has 3 fully saturated rings. The number of piperidine rings is 2. The summed E-state index contributed by atoms with van der Waals surface area (Å²) in [5.41, 5.74) is 6.65. The van der Waals surface area contributed by atoms with Crippen LogP contribution < -0.4 is 20.9 Å². The summed E-state index contributed by atoms with van der Waals surface area (Å²) in [7, 11) is 0. The molecule has 2 atom stereocenters. The van der Waals surface area contributed by atoms with Crippen LogP contribution in [0.15, 0.2) is 78.6 Å². The number of amides is 4. The highest BCUT2D eigenvalue weighted by Gasteiger charge is 2.42. The molecule has 5 aromatic rings. The van der Waals surface area contributed by atoms with Gasteiger partial charge in [0.25, 0.3) is 11.8 Å². The van der Waals surface area contributed by atoms with Crippen LogP contribution in [0.1, 0.15) is 71.0 Å². The molecule has 2 unspecified atom stereocenters. The Hall–Kier alpha value is -5.97. The fourth-order valence-corrected chi connectivity index (χ4v) is 10.4. The first-order valence-corrected chi connectivity index (χ1v) is 22.5. The predicted octanol–water partition coefficient (Wildman–Crippen LogP) is 5.43. The van der Waals surface area contributed by atoms with Crippen LogP contribution in [0.25, 0.3) is 11.1 Å². The van der Waals surface area contributed by atoms with Crippen LogP contribution in [-0.2, 0) is 40.4 Å². The minimum Gasteiger partial charge on any atom is -0.374 e. The second-order valence-corrected chi connectivity index (χ2v) is 17.8. The lowest BCUT2D eigenvalue weighted by molar-refractivity contribution is -0.133. The van der Waals surface area contributed by atoms with Gasteiger partial charge in [-0.15, -0.1) is 11.3 Å². The molecule has 5 aliphatic rings. The summed E-state index contributed by atoms with van der Waals surface area (Å²) < 4.78 is 18.0. The Kier molecular flexibility index (Phi) is 11.0. The summed E-state index contributed by atoms with van der Waals surface area (Å²) in [5.74, 6) is -1.76. The fourth-order valence-electron chi connectivity index (χ4n) is 9.87. The number of aryl methyl sites for hydroxylation is 1. The van der Waals surface area contributed by atoms with E-state index in [-0.39, 0.29) is 29.5 Å². The van der Waals surface area contributed by atoms with Crippen LogP contribution >= 0.6 is 11.3 Å². The highest BCUT2D eigenvalue weighted by molar-refractivity contribution is 7.13. The maximum absolute atomic E-state index is 16.0. The van der Waals surface area contributed by atoms with Gasteiger partial charge in [-0.1, -0.05) is 24.3 Å². The van der Waals surface area contributed by atoms with Crippen LogP contribution in [-0.4, -0.2) is 104 Å². The first kappa shape index (κ1) is 40.1. The van der Waals surface area contributed by atoms with Crippen molar-refractivity contribution in [3.8, 4) is 11.1 Å². The average Bonchev–Trinajstić information content (AvgIpc) is 4.11. The zero-order valence-electron chi connectivity index (χ0n) is 34.4. The van der Waals surface area contributed by atoms with Gasteiger partial charge in [-0.3, -0.25) is 39.6 Å². The third-order valence-electron chi connectivity index (χ3n) is 13.2. The molecule has 320 valence electrons. The summed E-state index contributed by atoms with van der Waals surface area (Å²) in [6, 6.07) is 18.7.